The lowest BCUT2D eigenvalue weighted by molar-refractivity contribution is -0.384. The van der Waals surface area contributed by atoms with Crippen molar-refractivity contribution < 1.29 is 19.2 Å². The van der Waals surface area contributed by atoms with Crippen LogP contribution in [-0.4, -0.2) is 46.2 Å². The number of carbonyl (C=O) groups is 2. The third kappa shape index (κ3) is 3.02. The molecule has 2 fully saturated rings. The van der Waals surface area contributed by atoms with E-state index in [1.807, 2.05) is 12.1 Å². The summed E-state index contributed by atoms with van der Waals surface area (Å²) in [5, 5.41) is 14.6. The number of aromatic nitrogens is 1. The van der Waals surface area contributed by atoms with Crippen LogP contribution < -0.4 is 10.1 Å². The van der Waals surface area contributed by atoms with Crippen LogP contribution in [0.4, 0.5) is 11.4 Å². The monoisotopic (exact) mass is 484 g/mol. The fourth-order valence-corrected chi connectivity index (χ4v) is 6.55. The fraction of sp³-hybridized carbons (Fsp3) is 0.296. The van der Waals surface area contributed by atoms with E-state index >= 15 is 0 Å². The summed E-state index contributed by atoms with van der Waals surface area (Å²) in [6, 6.07) is 16.9. The highest BCUT2D eigenvalue weighted by Gasteiger charge is 2.69. The predicted octanol–water partition coefficient (Wildman–Crippen LogP) is 3.91. The number of hydrogen-bond acceptors (Lipinski definition) is 7. The number of ketones is 1. The Morgan fingerprint density at radius 1 is 1.19 bits per heavy atom. The molecule has 2 saturated heterocycles. The Hall–Kier alpha value is -4.11. The molecule has 9 heteroatoms. The van der Waals surface area contributed by atoms with Gasteiger partial charge >= 0.3 is 0 Å². The number of fused-ring (bicyclic) bond motifs is 4. The number of nitrogens with zero attached hydrogens (tertiary/aromatic N) is 3. The van der Waals surface area contributed by atoms with Crippen LogP contribution in [0.1, 0.15) is 40.4 Å². The van der Waals surface area contributed by atoms with E-state index in [9.17, 15) is 19.7 Å². The molecule has 3 aromatic rings. The molecule has 4 atom stereocenters. The van der Waals surface area contributed by atoms with Gasteiger partial charge in [0.25, 0.3) is 5.69 Å². The molecule has 0 saturated carbocycles. The smallest absolute Gasteiger partial charge is 0.269 e. The van der Waals surface area contributed by atoms with E-state index < -0.39 is 22.3 Å². The SMILES string of the molecule is COc1ccc2c(c1)[C@]1(C(=O)N2)C(C(=O)c2ccccn2)C(c2cccc([N+](=O)[O-])c2)C2CCCN21. The molecule has 36 heavy (non-hydrogen) atoms. The molecule has 2 aromatic carbocycles. The van der Waals surface area contributed by atoms with Crippen LogP contribution in [0.2, 0.25) is 0 Å². The lowest BCUT2D eigenvalue weighted by Gasteiger charge is -2.36. The maximum Gasteiger partial charge on any atom is 0.269 e. The second-order valence-electron chi connectivity index (χ2n) is 9.47. The summed E-state index contributed by atoms with van der Waals surface area (Å²) < 4.78 is 5.49. The Bertz CT molecular complexity index is 1390. The van der Waals surface area contributed by atoms with Gasteiger partial charge in [0, 0.05) is 41.5 Å². The third-order valence-electron chi connectivity index (χ3n) is 7.87. The number of rotatable bonds is 5. The molecular weight excluding hydrogens is 460 g/mol. The highest BCUT2D eigenvalue weighted by molar-refractivity contribution is 6.12. The van der Waals surface area contributed by atoms with Gasteiger partial charge < -0.3 is 10.1 Å². The molecule has 0 radical (unpaired) electrons. The van der Waals surface area contributed by atoms with E-state index in [1.54, 1.807) is 49.7 Å². The van der Waals surface area contributed by atoms with E-state index in [4.69, 9.17) is 4.74 Å². The first-order valence-corrected chi connectivity index (χ1v) is 11.9. The number of methoxy groups -OCH3 is 1. The van der Waals surface area contributed by atoms with E-state index in [0.29, 0.717) is 29.1 Å². The highest BCUT2D eigenvalue weighted by Crippen LogP contribution is 2.61. The Balaban J connectivity index is 1.63. The number of nitrogens with one attached hydrogen (secondary N) is 1. The number of hydrogen-bond donors (Lipinski definition) is 1. The van der Waals surface area contributed by atoms with Crippen LogP contribution in [0.15, 0.2) is 66.9 Å². The van der Waals surface area contributed by atoms with Crippen LogP contribution in [0.25, 0.3) is 0 Å². The maximum atomic E-state index is 14.3. The number of pyridine rings is 1. The number of Topliss-reactive ketones (excluding diaryl/α,β-unsaturated/α-hetero) is 1. The van der Waals surface area contributed by atoms with Crippen molar-refractivity contribution in [2.45, 2.75) is 30.3 Å². The summed E-state index contributed by atoms with van der Waals surface area (Å²) in [6.45, 7) is 0.631. The molecule has 182 valence electrons. The highest BCUT2D eigenvalue weighted by atomic mass is 16.6. The van der Waals surface area contributed by atoms with E-state index in [1.165, 1.54) is 12.1 Å². The summed E-state index contributed by atoms with van der Waals surface area (Å²) in [5.74, 6) is -1.21. The zero-order valence-electron chi connectivity index (χ0n) is 19.6. The molecule has 3 unspecified atom stereocenters. The lowest BCUT2D eigenvalue weighted by Crippen LogP contribution is -2.53. The first-order chi connectivity index (χ1) is 17.5. The number of nitro benzene ring substituents is 1. The molecule has 1 N–H and O–H groups in total. The summed E-state index contributed by atoms with van der Waals surface area (Å²) in [7, 11) is 1.56. The molecule has 0 aliphatic carbocycles. The summed E-state index contributed by atoms with van der Waals surface area (Å²) in [6.07, 6.45) is 3.19. The average Bonchev–Trinajstić information content (AvgIpc) is 3.57. The van der Waals surface area contributed by atoms with Gasteiger partial charge in [0.05, 0.1) is 18.0 Å². The zero-order chi connectivity index (χ0) is 25.0. The topological polar surface area (TPSA) is 115 Å². The summed E-state index contributed by atoms with van der Waals surface area (Å²) in [5.41, 5.74) is 0.958. The Kier molecular flexibility index (Phi) is 5.11. The molecule has 1 aromatic heterocycles. The van der Waals surface area contributed by atoms with Gasteiger partial charge in [0.1, 0.15) is 17.0 Å². The number of nitro groups is 1. The van der Waals surface area contributed by atoms with Gasteiger partial charge in [0.15, 0.2) is 5.78 Å². The van der Waals surface area contributed by atoms with Crippen molar-refractivity contribution in [2.24, 2.45) is 5.92 Å². The van der Waals surface area contributed by atoms with Gasteiger partial charge in [-0.2, -0.15) is 0 Å². The van der Waals surface area contributed by atoms with Crippen LogP contribution in [-0.2, 0) is 10.3 Å². The Morgan fingerprint density at radius 2 is 2.06 bits per heavy atom. The van der Waals surface area contributed by atoms with Gasteiger partial charge in [-0.1, -0.05) is 18.2 Å². The van der Waals surface area contributed by atoms with E-state index in [2.05, 4.69) is 15.2 Å². The van der Waals surface area contributed by atoms with Crippen LogP contribution in [0, 0.1) is 16.0 Å². The van der Waals surface area contributed by atoms with Gasteiger partial charge in [0.2, 0.25) is 5.91 Å². The number of anilines is 1. The average molecular weight is 485 g/mol. The van der Waals surface area contributed by atoms with Gasteiger partial charge in [-0.05, 0) is 55.3 Å². The largest absolute Gasteiger partial charge is 0.497 e. The molecule has 4 heterocycles. The van der Waals surface area contributed by atoms with Crippen molar-refractivity contribution in [3.63, 3.8) is 0 Å². The van der Waals surface area contributed by atoms with Crippen molar-refractivity contribution in [2.75, 3.05) is 19.0 Å². The molecule has 6 rings (SSSR count). The summed E-state index contributed by atoms with van der Waals surface area (Å²) >= 11 is 0. The number of non-ortho nitro benzene ring substituents is 1. The quantitative estimate of drug-likeness (QED) is 0.332. The van der Waals surface area contributed by atoms with Crippen LogP contribution >= 0.6 is 0 Å². The van der Waals surface area contributed by atoms with Crippen molar-refractivity contribution in [3.8, 4) is 5.75 Å². The molecule has 1 spiro atoms. The molecule has 3 aliphatic heterocycles. The predicted molar refractivity (Wildman–Crippen MR) is 131 cm³/mol. The Labute approximate surface area is 207 Å². The first kappa shape index (κ1) is 22.4. The van der Waals surface area contributed by atoms with Gasteiger partial charge in [-0.25, -0.2) is 0 Å². The third-order valence-corrected chi connectivity index (χ3v) is 7.87. The lowest BCUT2D eigenvalue weighted by atomic mass is 9.69. The first-order valence-electron chi connectivity index (χ1n) is 11.9. The van der Waals surface area contributed by atoms with Crippen LogP contribution in [0.5, 0.6) is 5.75 Å². The Morgan fingerprint density at radius 3 is 2.81 bits per heavy atom. The van der Waals surface area contributed by atoms with Crippen molar-refractivity contribution in [1.29, 1.82) is 0 Å². The van der Waals surface area contributed by atoms with Crippen LogP contribution in [0.3, 0.4) is 0 Å². The second kappa shape index (κ2) is 8.23. The number of benzene rings is 2. The minimum absolute atomic E-state index is 0.0417. The van der Waals surface area contributed by atoms with Crippen molar-refractivity contribution in [1.82, 2.24) is 9.88 Å². The van der Waals surface area contributed by atoms with Gasteiger partial charge in [-0.3, -0.25) is 29.6 Å². The molecular formula is C27H24N4O5. The number of carbonyl (C=O) groups excluding carboxylic acids is 2. The summed E-state index contributed by atoms with van der Waals surface area (Å²) in [4.78, 5) is 46.0. The standard InChI is InChI=1S/C27H24N4O5/c1-36-18-10-11-20-19(15-18)27(26(33)29-20)24(25(32)21-8-2-3-12-28-21)23(22-9-5-13-30(22)27)16-6-4-7-17(14-16)31(34)35/h2-4,6-8,10-12,14-15,22-24H,5,9,13H2,1H3,(H,29,33)/t22?,23?,24?,27-/m1/s1. The molecule has 1 amide bonds. The minimum atomic E-state index is -1.28. The molecule has 0 bridgehead atoms. The van der Waals surface area contributed by atoms with E-state index in [0.717, 1.165) is 12.8 Å². The minimum Gasteiger partial charge on any atom is -0.497 e. The molecule has 3 aliphatic rings. The molecule has 9 nitrogen and oxygen atoms in total. The normalized spacial score (nSPS) is 26.5. The van der Waals surface area contributed by atoms with Crippen molar-refractivity contribution >= 4 is 23.1 Å². The second-order valence-corrected chi connectivity index (χ2v) is 9.47. The number of ether oxygens (including phenoxy) is 1. The zero-order valence-corrected chi connectivity index (χ0v) is 19.6. The fourth-order valence-electron chi connectivity index (χ4n) is 6.55. The van der Waals surface area contributed by atoms with E-state index in [-0.39, 0.29) is 29.1 Å². The maximum absolute atomic E-state index is 14.3. The van der Waals surface area contributed by atoms with Crippen molar-refractivity contribution in [3.05, 3.63) is 93.8 Å². The van der Waals surface area contributed by atoms with Gasteiger partial charge in [-0.15, -0.1) is 0 Å². The number of amides is 1.